The first-order valence-corrected chi connectivity index (χ1v) is 5.15. The van der Waals surface area contributed by atoms with Gasteiger partial charge < -0.3 is 5.32 Å². The van der Waals surface area contributed by atoms with E-state index in [1.165, 1.54) is 0 Å². The second kappa shape index (κ2) is 4.84. The molecule has 0 fully saturated rings. The third-order valence-corrected chi connectivity index (χ3v) is 2.39. The number of hydrogen-bond acceptors (Lipinski definition) is 1. The molecule has 0 spiro atoms. The van der Waals surface area contributed by atoms with Gasteiger partial charge in [0.05, 0.1) is 10.7 Å². The molecule has 0 unspecified atom stereocenters. The first-order chi connectivity index (χ1) is 6.13. The quantitative estimate of drug-likeness (QED) is 0.829. The van der Waals surface area contributed by atoms with E-state index in [0.717, 1.165) is 4.47 Å². The van der Waals surface area contributed by atoms with Gasteiger partial charge in [0.1, 0.15) is 5.88 Å². The molecule has 0 aliphatic heterocycles. The van der Waals surface area contributed by atoms with Crippen molar-refractivity contribution in [3.05, 3.63) is 27.7 Å². The van der Waals surface area contributed by atoms with Crippen LogP contribution in [-0.2, 0) is 4.79 Å². The molecule has 0 aliphatic rings. The molecule has 0 bridgehead atoms. The molecular weight excluding hydrogens is 277 g/mol. The number of carbonyl (C=O) groups excluding carboxylic acids is 1. The molecule has 0 aliphatic carbocycles. The Labute approximate surface area is 94.3 Å². The van der Waals surface area contributed by atoms with Crippen LogP contribution in [0.15, 0.2) is 22.7 Å². The molecule has 2 nitrogen and oxygen atoms in total. The fraction of sp³-hybridized carbons (Fsp3) is 0.125. The molecule has 1 N–H and O–H groups in total. The molecule has 1 aromatic rings. The maximum Gasteiger partial charge on any atom is 0.239 e. The van der Waals surface area contributed by atoms with Crippen molar-refractivity contribution in [1.29, 1.82) is 0 Å². The van der Waals surface area contributed by atoms with Crippen LogP contribution in [0.3, 0.4) is 0 Å². The number of hydrogen-bond donors (Lipinski definition) is 1. The lowest BCUT2D eigenvalue weighted by Gasteiger charge is -2.05. The predicted molar refractivity (Wildman–Crippen MR) is 58.5 cm³/mol. The molecule has 0 saturated carbocycles. The van der Waals surface area contributed by atoms with Gasteiger partial charge in [-0.25, -0.2) is 0 Å². The fourth-order valence-corrected chi connectivity index (χ4v) is 1.37. The van der Waals surface area contributed by atoms with E-state index < -0.39 is 0 Å². The molecule has 5 heteroatoms. The Morgan fingerprint density at radius 3 is 2.85 bits per heavy atom. The van der Waals surface area contributed by atoms with Crippen LogP contribution < -0.4 is 5.32 Å². The minimum Gasteiger partial charge on any atom is -0.324 e. The second-order valence-electron chi connectivity index (χ2n) is 2.31. The molecule has 1 amide bonds. The van der Waals surface area contributed by atoms with E-state index in [4.69, 9.17) is 23.2 Å². The van der Waals surface area contributed by atoms with Gasteiger partial charge in [-0.15, -0.1) is 11.6 Å². The van der Waals surface area contributed by atoms with Gasteiger partial charge in [-0.3, -0.25) is 4.79 Å². The number of halogens is 3. The Morgan fingerprint density at radius 2 is 2.23 bits per heavy atom. The summed E-state index contributed by atoms with van der Waals surface area (Å²) in [4.78, 5) is 10.9. The van der Waals surface area contributed by atoms with Gasteiger partial charge in [-0.1, -0.05) is 27.5 Å². The number of carbonyl (C=O) groups is 1. The van der Waals surface area contributed by atoms with Gasteiger partial charge in [0.2, 0.25) is 5.91 Å². The summed E-state index contributed by atoms with van der Waals surface area (Å²) < 4.78 is 0.849. The second-order valence-corrected chi connectivity index (χ2v) is 3.90. The van der Waals surface area contributed by atoms with Gasteiger partial charge in [0, 0.05) is 4.47 Å². The smallest absolute Gasteiger partial charge is 0.239 e. The highest BCUT2D eigenvalue weighted by atomic mass is 79.9. The van der Waals surface area contributed by atoms with Crippen molar-refractivity contribution in [2.75, 3.05) is 11.2 Å². The first kappa shape index (κ1) is 10.8. The normalized spacial score (nSPS) is 9.77. The van der Waals surface area contributed by atoms with Crippen molar-refractivity contribution in [1.82, 2.24) is 0 Å². The molecule has 1 rings (SSSR count). The summed E-state index contributed by atoms with van der Waals surface area (Å²) in [6.07, 6.45) is 0. The summed E-state index contributed by atoms with van der Waals surface area (Å²) >= 11 is 14.4. The summed E-state index contributed by atoms with van der Waals surface area (Å²) in [6, 6.07) is 5.20. The molecule has 0 saturated heterocycles. The minimum absolute atomic E-state index is 0.0805. The number of amides is 1. The van der Waals surface area contributed by atoms with Crippen LogP contribution in [0.1, 0.15) is 0 Å². The average molecular weight is 283 g/mol. The number of nitrogens with one attached hydrogen (secondary N) is 1. The van der Waals surface area contributed by atoms with Gasteiger partial charge in [0.15, 0.2) is 0 Å². The van der Waals surface area contributed by atoms with E-state index in [1.807, 2.05) is 0 Å². The standard InChI is InChI=1S/C8H6BrCl2NO/c9-5-1-2-6(11)7(3-5)12-8(13)4-10/h1-3H,4H2,(H,12,13). The van der Waals surface area contributed by atoms with Crippen LogP contribution in [-0.4, -0.2) is 11.8 Å². The molecule has 0 heterocycles. The molecule has 70 valence electrons. The largest absolute Gasteiger partial charge is 0.324 e. The van der Waals surface area contributed by atoms with Crippen molar-refractivity contribution in [3.63, 3.8) is 0 Å². The van der Waals surface area contributed by atoms with E-state index in [2.05, 4.69) is 21.2 Å². The minimum atomic E-state index is -0.276. The summed E-state index contributed by atoms with van der Waals surface area (Å²) in [6.45, 7) is 0. The topological polar surface area (TPSA) is 29.1 Å². The molecular formula is C8H6BrCl2NO. The van der Waals surface area contributed by atoms with Crippen molar-refractivity contribution in [2.24, 2.45) is 0 Å². The van der Waals surface area contributed by atoms with Crippen LogP contribution >= 0.6 is 39.1 Å². The van der Waals surface area contributed by atoms with Crippen molar-refractivity contribution >= 4 is 50.7 Å². The fourth-order valence-electron chi connectivity index (χ4n) is 0.777. The van der Waals surface area contributed by atoms with E-state index in [0.29, 0.717) is 10.7 Å². The molecule has 1 aromatic carbocycles. The highest BCUT2D eigenvalue weighted by Gasteiger charge is 2.04. The number of benzene rings is 1. The Kier molecular flexibility index (Phi) is 4.03. The third kappa shape index (κ3) is 3.18. The lowest BCUT2D eigenvalue weighted by Crippen LogP contribution is -2.12. The van der Waals surface area contributed by atoms with Gasteiger partial charge in [-0.2, -0.15) is 0 Å². The summed E-state index contributed by atoms with van der Waals surface area (Å²) in [5.41, 5.74) is 0.557. The Balaban J connectivity index is 2.87. The lowest BCUT2D eigenvalue weighted by molar-refractivity contribution is -0.113. The maximum absolute atomic E-state index is 10.9. The molecule has 0 aromatic heterocycles. The van der Waals surface area contributed by atoms with Gasteiger partial charge in [0.25, 0.3) is 0 Å². The summed E-state index contributed by atoms with van der Waals surface area (Å²) in [5.74, 6) is -0.357. The van der Waals surface area contributed by atoms with Crippen LogP contribution in [0, 0.1) is 0 Å². The zero-order valence-electron chi connectivity index (χ0n) is 6.48. The monoisotopic (exact) mass is 281 g/mol. The predicted octanol–water partition coefficient (Wildman–Crippen LogP) is 3.28. The van der Waals surface area contributed by atoms with E-state index >= 15 is 0 Å². The van der Waals surface area contributed by atoms with Crippen LogP contribution in [0.25, 0.3) is 0 Å². The van der Waals surface area contributed by atoms with E-state index in [1.54, 1.807) is 18.2 Å². The highest BCUT2D eigenvalue weighted by molar-refractivity contribution is 9.10. The average Bonchev–Trinajstić information content (AvgIpc) is 2.11. The molecule has 13 heavy (non-hydrogen) atoms. The van der Waals surface area contributed by atoms with Crippen LogP contribution in [0.5, 0.6) is 0 Å². The van der Waals surface area contributed by atoms with Crippen LogP contribution in [0.2, 0.25) is 5.02 Å². The number of anilines is 1. The van der Waals surface area contributed by atoms with Gasteiger partial charge in [-0.05, 0) is 18.2 Å². The summed E-state index contributed by atoms with van der Waals surface area (Å²) in [5, 5.41) is 3.06. The number of alkyl halides is 1. The third-order valence-electron chi connectivity index (χ3n) is 1.32. The Bertz CT molecular complexity index is 330. The first-order valence-electron chi connectivity index (χ1n) is 3.44. The van der Waals surface area contributed by atoms with E-state index in [9.17, 15) is 4.79 Å². The maximum atomic E-state index is 10.9. The number of rotatable bonds is 2. The Hall–Kier alpha value is -0.250. The van der Waals surface area contributed by atoms with Crippen molar-refractivity contribution < 1.29 is 4.79 Å². The van der Waals surface area contributed by atoms with Crippen LogP contribution in [0.4, 0.5) is 5.69 Å². The zero-order valence-corrected chi connectivity index (χ0v) is 9.58. The van der Waals surface area contributed by atoms with Gasteiger partial charge >= 0.3 is 0 Å². The Morgan fingerprint density at radius 1 is 1.54 bits per heavy atom. The molecule has 0 radical (unpaired) electrons. The van der Waals surface area contributed by atoms with E-state index in [-0.39, 0.29) is 11.8 Å². The summed E-state index contributed by atoms with van der Waals surface area (Å²) in [7, 11) is 0. The molecule has 0 atom stereocenters. The zero-order chi connectivity index (χ0) is 9.84. The van der Waals surface area contributed by atoms with Crippen molar-refractivity contribution in [3.8, 4) is 0 Å². The highest BCUT2D eigenvalue weighted by Crippen LogP contribution is 2.25. The lowest BCUT2D eigenvalue weighted by atomic mass is 10.3. The van der Waals surface area contributed by atoms with Crippen molar-refractivity contribution in [2.45, 2.75) is 0 Å². The SMILES string of the molecule is O=C(CCl)Nc1cc(Br)ccc1Cl.